The Labute approximate surface area is 156 Å². The summed E-state index contributed by atoms with van der Waals surface area (Å²) in [6, 6.07) is 14.6. The van der Waals surface area contributed by atoms with Gasteiger partial charge in [0.15, 0.2) is 23.3 Å². The van der Waals surface area contributed by atoms with Gasteiger partial charge in [0.1, 0.15) is 0 Å². The molecule has 0 saturated carbocycles. The van der Waals surface area contributed by atoms with Gasteiger partial charge in [-0.2, -0.15) is 0 Å². The van der Waals surface area contributed by atoms with Crippen molar-refractivity contribution in [3.8, 4) is 0 Å². The van der Waals surface area contributed by atoms with Gasteiger partial charge in [-0.05, 0) is 24.3 Å². The molecule has 3 rings (SSSR count). The van der Waals surface area contributed by atoms with Gasteiger partial charge >= 0.3 is 0 Å². The Balaban J connectivity index is 1.84. The topological polar surface area (TPSA) is 41.1 Å². The fourth-order valence-electron chi connectivity index (χ4n) is 2.54. The summed E-state index contributed by atoms with van der Waals surface area (Å²) in [6.07, 6.45) is 0. The predicted molar refractivity (Wildman–Crippen MR) is 94.4 cm³/mol. The highest BCUT2D eigenvalue weighted by atomic mass is 19.2. The van der Waals surface area contributed by atoms with E-state index in [2.05, 4.69) is 10.6 Å². The Bertz CT molecular complexity index is 996. The van der Waals surface area contributed by atoms with E-state index in [1.54, 1.807) is 42.5 Å². The Hall–Kier alpha value is -3.42. The fraction of sp³-hybridized carbons (Fsp3) is 0.0500. The van der Waals surface area contributed by atoms with Crippen molar-refractivity contribution < 1.29 is 26.7 Å². The van der Waals surface area contributed by atoms with Crippen LogP contribution in [0.4, 0.5) is 33.3 Å². The van der Waals surface area contributed by atoms with Crippen molar-refractivity contribution in [2.75, 3.05) is 10.6 Å². The molecule has 0 aliphatic heterocycles. The summed E-state index contributed by atoms with van der Waals surface area (Å²) in [7, 11) is 0. The normalized spacial score (nSPS) is 10.6. The summed E-state index contributed by atoms with van der Waals surface area (Å²) in [5.74, 6) is -10.6. The molecule has 0 heterocycles. The smallest absolute Gasteiger partial charge is 0.257 e. The van der Waals surface area contributed by atoms with E-state index in [0.717, 1.165) is 0 Å². The van der Waals surface area contributed by atoms with E-state index in [4.69, 9.17) is 0 Å². The van der Waals surface area contributed by atoms with Gasteiger partial charge in [-0.15, -0.1) is 0 Å². The lowest BCUT2D eigenvalue weighted by molar-refractivity contribution is 0.102. The lowest BCUT2D eigenvalue weighted by atomic mass is 10.1. The van der Waals surface area contributed by atoms with Gasteiger partial charge in [0.05, 0.1) is 5.56 Å². The average molecular weight is 392 g/mol. The molecule has 0 aliphatic rings. The van der Waals surface area contributed by atoms with E-state index in [0.29, 0.717) is 5.69 Å². The zero-order valence-electron chi connectivity index (χ0n) is 14.2. The maximum atomic E-state index is 13.8. The number of anilines is 2. The molecule has 0 radical (unpaired) electrons. The number of carbonyl (C=O) groups excluding carboxylic acids is 1. The van der Waals surface area contributed by atoms with E-state index in [9.17, 15) is 26.7 Å². The second kappa shape index (κ2) is 8.08. The molecule has 3 aromatic carbocycles. The highest BCUT2D eigenvalue weighted by molar-refractivity contribution is 6.08. The van der Waals surface area contributed by atoms with Crippen LogP contribution in [0.5, 0.6) is 0 Å². The maximum absolute atomic E-state index is 13.8. The standard InChI is InChI=1S/C20H13F5N2O/c21-15-13(16(22)18(24)19(25)17(15)23)10-26-14-9-5-4-8-12(14)20(28)27-11-6-2-1-3-7-11/h1-9,26H,10H2,(H,27,28). The molecule has 0 atom stereocenters. The van der Waals surface area contributed by atoms with Crippen LogP contribution in [-0.4, -0.2) is 5.91 Å². The van der Waals surface area contributed by atoms with Gasteiger partial charge in [-0.3, -0.25) is 4.79 Å². The predicted octanol–water partition coefficient (Wildman–Crippen LogP) is 5.25. The van der Waals surface area contributed by atoms with Crippen molar-refractivity contribution in [2.24, 2.45) is 0 Å². The number of hydrogen-bond donors (Lipinski definition) is 2. The summed E-state index contributed by atoms with van der Waals surface area (Å²) < 4.78 is 67.4. The molecular weight excluding hydrogens is 379 g/mol. The third kappa shape index (κ3) is 3.80. The summed E-state index contributed by atoms with van der Waals surface area (Å²) >= 11 is 0. The minimum atomic E-state index is -2.22. The van der Waals surface area contributed by atoms with Crippen molar-refractivity contribution in [3.05, 3.63) is 94.8 Å². The van der Waals surface area contributed by atoms with Crippen LogP contribution in [0.25, 0.3) is 0 Å². The molecule has 0 unspecified atom stereocenters. The number of para-hydroxylation sites is 2. The first-order valence-electron chi connectivity index (χ1n) is 8.09. The van der Waals surface area contributed by atoms with Crippen LogP contribution >= 0.6 is 0 Å². The molecule has 0 bridgehead atoms. The van der Waals surface area contributed by atoms with Crippen LogP contribution < -0.4 is 10.6 Å². The van der Waals surface area contributed by atoms with E-state index < -0.39 is 47.1 Å². The van der Waals surface area contributed by atoms with Crippen molar-refractivity contribution in [1.82, 2.24) is 0 Å². The number of halogens is 5. The highest BCUT2D eigenvalue weighted by Gasteiger charge is 2.25. The zero-order chi connectivity index (χ0) is 20.3. The molecule has 0 fully saturated rings. The van der Waals surface area contributed by atoms with Crippen LogP contribution in [-0.2, 0) is 6.54 Å². The molecule has 0 aliphatic carbocycles. The Morgan fingerprint density at radius 2 is 1.25 bits per heavy atom. The van der Waals surface area contributed by atoms with Crippen LogP contribution in [0.3, 0.4) is 0 Å². The summed E-state index contributed by atoms with van der Waals surface area (Å²) in [6.45, 7) is -0.707. The second-order valence-electron chi connectivity index (χ2n) is 5.77. The molecule has 0 saturated heterocycles. The van der Waals surface area contributed by atoms with Crippen LogP contribution in [0.15, 0.2) is 54.6 Å². The molecule has 2 N–H and O–H groups in total. The molecule has 0 spiro atoms. The van der Waals surface area contributed by atoms with Gasteiger partial charge in [-0.25, -0.2) is 22.0 Å². The molecule has 1 amide bonds. The Morgan fingerprint density at radius 3 is 1.89 bits per heavy atom. The molecule has 144 valence electrons. The van der Waals surface area contributed by atoms with E-state index in [1.165, 1.54) is 12.1 Å². The lowest BCUT2D eigenvalue weighted by Crippen LogP contribution is -2.16. The van der Waals surface area contributed by atoms with Crippen molar-refractivity contribution in [1.29, 1.82) is 0 Å². The van der Waals surface area contributed by atoms with E-state index in [-0.39, 0.29) is 11.3 Å². The summed E-state index contributed by atoms with van der Waals surface area (Å²) in [4.78, 5) is 12.5. The van der Waals surface area contributed by atoms with Crippen molar-refractivity contribution in [3.63, 3.8) is 0 Å². The fourth-order valence-corrected chi connectivity index (χ4v) is 2.54. The minimum Gasteiger partial charge on any atom is -0.380 e. The molecule has 3 aromatic rings. The monoisotopic (exact) mass is 392 g/mol. The first-order chi connectivity index (χ1) is 13.4. The molecule has 28 heavy (non-hydrogen) atoms. The number of amides is 1. The van der Waals surface area contributed by atoms with Gasteiger partial charge in [0.2, 0.25) is 5.82 Å². The van der Waals surface area contributed by atoms with Gasteiger partial charge in [-0.1, -0.05) is 30.3 Å². The maximum Gasteiger partial charge on any atom is 0.257 e. The Morgan fingerprint density at radius 1 is 0.714 bits per heavy atom. The van der Waals surface area contributed by atoms with Gasteiger partial charge in [0, 0.05) is 23.5 Å². The van der Waals surface area contributed by atoms with Crippen molar-refractivity contribution >= 4 is 17.3 Å². The van der Waals surface area contributed by atoms with Crippen LogP contribution in [0, 0.1) is 29.1 Å². The number of benzene rings is 3. The summed E-state index contributed by atoms with van der Waals surface area (Å²) in [5.41, 5.74) is -0.188. The lowest BCUT2D eigenvalue weighted by Gasteiger charge is -2.14. The van der Waals surface area contributed by atoms with Gasteiger partial charge in [0.25, 0.3) is 5.91 Å². The second-order valence-corrected chi connectivity index (χ2v) is 5.77. The van der Waals surface area contributed by atoms with Crippen LogP contribution in [0.2, 0.25) is 0 Å². The molecule has 8 heteroatoms. The third-order valence-corrected chi connectivity index (χ3v) is 3.96. The average Bonchev–Trinajstić information content (AvgIpc) is 2.72. The van der Waals surface area contributed by atoms with E-state index in [1.807, 2.05) is 0 Å². The molecule has 0 aromatic heterocycles. The first kappa shape index (κ1) is 19.3. The first-order valence-corrected chi connectivity index (χ1v) is 8.09. The number of rotatable bonds is 5. The van der Waals surface area contributed by atoms with E-state index >= 15 is 0 Å². The molecule has 3 nitrogen and oxygen atoms in total. The number of carbonyl (C=O) groups is 1. The third-order valence-electron chi connectivity index (χ3n) is 3.96. The number of nitrogens with one attached hydrogen (secondary N) is 2. The quantitative estimate of drug-likeness (QED) is 0.354. The largest absolute Gasteiger partial charge is 0.380 e. The van der Waals surface area contributed by atoms with Gasteiger partial charge < -0.3 is 10.6 Å². The highest BCUT2D eigenvalue weighted by Crippen LogP contribution is 2.25. The zero-order valence-corrected chi connectivity index (χ0v) is 14.2. The molecular formula is C20H13F5N2O. The van der Waals surface area contributed by atoms with Crippen molar-refractivity contribution in [2.45, 2.75) is 6.54 Å². The van der Waals surface area contributed by atoms with Crippen LogP contribution in [0.1, 0.15) is 15.9 Å². The summed E-state index contributed by atoms with van der Waals surface area (Å²) in [5, 5.41) is 5.20. The number of hydrogen-bond acceptors (Lipinski definition) is 2. The Kier molecular flexibility index (Phi) is 5.58. The minimum absolute atomic E-state index is 0.134. The SMILES string of the molecule is O=C(Nc1ccccc1)c1ccccc1NCc1c(F)c(F)c(F)c(F)c1F.